The molecule has 6 heteroatoms. The second-order valence-electron chi connectivity index (χ2n) is 15.9. The summed E-state index contributed by atoms with van der Waals surface area (Å²) in [7, 11) is 0. The molecule has 0 amide bonds. The van der Waals surface area contributed by atoms with Crippen LogP contribution in [0.25, 0.3) is 49.9 Å². The number of nitrogens with zero attached hydrogens (tertiary/aromatic N) is 6. The molecule has 3 heterocycles. The molecule has 1 atom stereocenters. The van der Waals surface area contributed by atoms with Crippen molar-refractivity contribution in [3.63, 3.8) is 0 Å². The second kappa shape index (κ2) is 16.3. The Labute approximate surface area is 366 Å². The minimum Gasteiger partial charge on any atom is -0.313 e. The molecule has 0 radical (unpaired) electrons. The summed E-state index contributed by atoms with van der Waals surface area (Å²) in [6, 6.07) is 66.0. The van der Waals surface area contributed by atoms with Gasteiger partial charge in [0.25, 0.3) is 0 Å². The van der Waals surface area contributed by atoms with Gasteiger partial charge in [0.15, 0.2) is 11.7 Å². The molecule has 11 rings (SSSR count). The molecule has 300 valence electrons. The van der Waals surface area contributed by atoms with Gasteiger partial charge in [-0.25, -0.2) is 9.98 Å². The Bertz CT molecular complexity index is 3290. The number of aromatic nitrogens is 2. The first kappa shape index (κ1) is 37.8. The molecule has 7 aromatic carbocycles. The largest absolute Gasteiger partial charge is 0.313 e. The van der Waals surface area contributed by atoms with E-state index in [-0.39, 0.29) is 5.92 Å². The molecular formula is C57H42N6. The highest BCUT2D eigenvalue weighted by Crippen LogP contribution is 2.53. The number of rotatable bonds is 8. The van der Waals surface area contributed by atoms with Crippen molar-refractivity contribution in [3.8, 4) is 28.1 Å². The molecule has 0 saturated carbocycles. The monoisotopic (exact) mass is 810 g/mol. The maximum atomic E-state index is 5.03. The molecule has 63 heavy (non-hydrogen) atoms. The Morgan fingerprint density at radius 3 is 2.16 bits per heavy atom. The molecular weight excluding hydrogens is 769 g/mol. The van der Waals surface area contributed by atoms with E-state index in [1.807, 2.05) is 60.8 Å². The zero-order valence-electron chi connectivity index (χ0n) is 34.6. The number of para-hydroxylation sites is 2. The summed E-state index contributed by atoms with van der Waals surface area (Å²) in [4.78, 5) is 21.8. The summed E-state index contributed by atoms with van der Waals surface area (Å²) in [5.74, 6) is 1.27. The normalized spacial score (nSPS) is 14.8. The number of allylic oxidation sites excluding steroid dienone is 4. The van der Waals surface area contributed by atoms with E-state index in [1.54, 1.807) is 0 Å². The molecule has 1 aliphatic carbocycles. The lowest BCUT2D eigenvalue weighted by Crippen LogP contribution is -2.14. The third-order valence-electron chi connectivity index (χ3n) is 12.2. The smallest absolute Gasteiger partial charge is 0.161 e. The first-order valence-electron chi connectivity index (χ1n) is 21.4. The minimum atomic E-state index is 0.175. The van der Waals surface area contributed by atoms with Crippen molar-refractivity contribution in [2.45, 2.75) is 18.9 Å². The van der Waals surface area contributed by atoms with Gasteiger partial charge in [-0.15, -0.1) is 0 Å². The lowest BCUT2D eigenvalue weighted by molar-refractivity contribution is 0.820. The highest BCUT2D eigenvalue weighted by atomic mass is 15.2. The SMILES string of the molecule is C=NC(=NC(=NCc1ccccc1)c1ccccc1)c1ccnc(-c2cccc3c2C2CC=CC=C2N3c2ccc(-c3ccc4c5ccccc5n(-c5ccccc5)c4c3)cc2)c1. The van der Waals surface area contributed by atoms with Gasteiger partial charge in [-0.05, 0) is 96.1 Å². The van der Waals surface area contributed by atoms with E-state index in [1.165, 1.54) is 44.2 Å². The number of aliphatic imine (C=N–C) groups is 3. The van der Waals surface area contributed by atoms with Crippen molar-refractivity contribution in [3.05, 3.63) is 240 Å². The molecule has 1 unspecified atom stereocenters. The van der Waals surface area contributed by atoms with E-state index < -0.39 is 0 Å². The van der Waals surface area contributed by atoms with Crippen LogP contribution in [0.4, 0.5) is 11.4 Å². The van der Waals surface area contributed by atoms with Crippen LogP contribution in [0.2, 0.25) is 0 Å². The Hall–Kier alpha value is -8.22. The summed E-state index contributed by atoms with van der Waals surface area (Å²) in [6.45, 7) is 4.44. The van der Waals surface area contributed by atoms with Crippen LogP contribution in [0.15, 0.2) is 233 Å². The number of hydrogen-bond donors (Lipinski definition) is 0. The van der Waals surface area contributed by atoms with Gasteiger partial charge in [-0.3, -0.25) is 9.98 Å². The van der Waals surface area contributed by atoms with Gasteiger partial charge >= 0.3 is 0 Å². The van der Waals surface area contributed by atoms with Gasteiger partial charge in [0.05, 0.1) is 29.0 Å². The van der Waals surface area contributed by atoms with E-state index >= 15 is 0 Å². The lowest BCUT2D eigenvalue weighted by atomic mass is 9.87. The van der Waals surface area contributed by atoms with E-state index in [9.17, 15) is 0 Å². The fourth-order valence-corrected chi connectivity index (χ4v) is 9.22. The van der Waals surface area contributed by atoms with Crippen molar-refractivity contribution >= 4 is 51.6 Å². The Kier molecular flexibility index (Phi) is 9.79. The molecule has 2 aromatic heterocycles. The fraction of sp³-hybridized carbons (Fsp3) is 0.0526. The maximum absolute atomic E-state index is 5.03. The third-order valence-corrected chi connectivity index (χ3v) is 12.2. The van der Waals surface area contributed by atoms with Crippen LogP contribution in [0, 0.1) is 0 Å². The summed E-state index contributed by atoms with van der Waals surface area (Å²) >= 11 is 0. The topological polar surface area (TPSA) is 58.1 Å². The fourth-order valence-electron chi connectivity index (χ4n) is 9.22. The van der Waals surface area contributed by atoms with E-state index in [4.69, 9.17) is 15.0 Å². The molecule has 6 nitrogen and oxygen atoms in total. The van der Waals surface area contributed by atoms with Crippen molar-refractivity contribution in [2.24, 2.45) is 15.0 Å². The number of fused-ring (bicyclic) bond motifs is 6. The van der Waals surface area contributed by atoms with Crippen molar-refractivity contribution in [2.75, 3.05) is 4.90 Å². The number of anilines is 2. The van der Waals surface area contributed by atoms with Crippen LogP contribution in [0.5, 0.6) is 0 Å². The minimum absolute atomic E-state index is 0.175. The van der Waals surface area contributed by atoms with Gasteiger partial charge in [-0.2, -0.15) is 0 Å². The third kappa shape index (κ3) is 6.98. The van der Waals surface area contributed by atoms with Crippen LogP contribution in [0.1, 0.15) is 34.6 Å². The van der Waals surface area contributed by atoms with Crippen LogP contribution in [-0.4, -0.2) is 27.9 Å². The zero-order chi connectivity index (χ0) is 42.1. The Morgan fingerprint density at radius 2 is 1.35 bits per heavy atom. The van der Waals surface area contributed by atoms with Crippen LogP contribution >= 0.6 is 0 Å². The summed E-state index contributed by atoms with van der Waals surface area (Å²) < 4.78 is 2.38. The van der Waals surface area contributed by atoms with Crippen molar-refractivity contribution in [1.82, 2.24) is 9.55 Å². The number of hydrogen-bond acceptors (Lipinski definition) is 3. The Morgan fingerprint density at radius 1 is 0.619 bits per heavy atom. The number of amidine groups is 2. The molecule has 0 saturated heterocycles. The Balaban J connectivity index is 0.945. The maximum Gasteiger partial charge on any atom is 0.161 e. The van der Waals surface area contributed by atoms with Gasteiger partial charge in [0.1, 0.15) is 0 Å². The van der Waals surface area contributed by atoms with E-state index in [0.29, 0.717) is 18.2 Å². The lowest BCUT2D eigenvalue weighted by Gasteiger charge is -2.24. The first-order chi connectivity index (χ1) is 31.2. The predicted octanol–water partition coefficient (Wildman–Crippen LogP) is 13.7. The van der Waals surface area contributed by atoms with E-state index in [2.05, 4.69) is 173 Å². The van der Waals surface area contributed by atoms with Crippen molar-refractivity contribution in [1.29, 1.82) is 0 Å². The highest BCUT2D eigenvalue weighted by Gasteiger charge is 2.37. The first-order valence-corrected chi connectivity index (χ1v) is 21.4. The molecule has 0 spiro atoms. The van der Waals surface area contributed by atoms with Gasteiger partial charge in [0.2, 0.25) is 0 Å². The second-order valence-corrected chi connectivity index (χ2v) is 15.9. The van der Waals surface area contributed by atoms with Crippen LogP contribution in [0.3, 0.4) is 0 Å². The van der Waals surface area contributed by atoms with Gasteiger partial charge in [-0.1, -0.05) is 146 Å². The highest BCUT2D eigenvalue weighted by molar-refractivity contribution is 6.13. The summed E-state index contributed by atoms with van der Waals surface area (Å²) in [5.41, 5.74) is 15.5. The molecule has 0 N–H and O–H groups in total. The molecule has 0 bridgehead atoms. The average Bonchev–Trinajstić information content (AvgIpc) is 3.88. The van der Waals surface area contributed by atoms with Gasteiger partial charge < -0.3 is 9.47 Å². The quantitative estimate of drug-likeness (QED) is 0.113. The average molecular weight is 811 g/mol. The predicted molar refractivity (Wildman–Crippen MR) is 262 cm³/mol. The van der Waals surface area contributed by atoms with Gasteiger partial charge in [0, 0.05) is 56.6 Å². The molecule has 9 aromatic rings. The number of pyridine rings is 1. The zero-order valence-corrected chi connectivity index (χ0v) is 34.6. The van der Waals surface area contributed by atoms with Crippen LogP contribution < -0.4 is 4.90 Å². The van der Waals surface area contributed by atoms with Crippen molar-refractivity contribution < 1.29 is 0 Å². The molecule has 1 aliphatic heterocycles. The number of benzene rings is 7. The molecule has 2 aliphatic rings. The summed E-state index contributed by atoms with van der Waals surface area (Å²) in [5, 5.41) is 2.50. The standard InChI is InChI=1S/C57H42N6/c1-58-56(61-57(41-18-7-3-8-19-41)60-38-39-16-5-2-6-17-39)43-34-35-59-50(36-43)48-24-15-27-53-55(48)49-23-12-14-26-52(49)62(53)45-31-28-40(29-32-45)42-30-33-47-46-22-11-13-25-51(46)63(54(47)37-42)44-20-9-4-10-21-44/h2-22,24-37,49H,1,23,38H2. The molecule has 0 fully saturated rings. The van der Waals surface area contributed by atoms with Crippen LogP contribution in [-0.2, 0) is 6.54 Å². The summed E-state index contributed by atoms with van der Waals surface area (Å²) in [6.07, 6.45) is 9.45. The van der Waals surface area contributed by atoms with E-state index in [0.717, 1.165) is 51.4 Å².